The van der Waals surface area contributed by atoms with Gasteiger partial charge in [-0.1, -0.05) is 50.5 Å². The smallest absolute Gasteiger partial charge is 0.159 e. The summed E-state index contributed by atoms with van der Waals surface area (Å²) in [7, 11) is 1.74. The van der Waals surface area contributed by atoms with Crippen molar-refractivity contribution in [3.05, 3.63) is 52.6 Å². The number of aryl methyl sites for hydroxylation is 1. The minimum atomic E-state index is -0.0194. The number of methoxy groups -OCH3 is 1. The van der Waals surface area contributed by atoms with Gasteiger partial charge >= 0.3 is 0 Å². The molecule has 0 saturated heterocycles. The Labute approximate surface area is 163 Å². The van der Waals surface area contributed by atoms with Crippen LogP contribution in [0.2, 0.25) is 0 Å². The van der Waals surface area contributed by atoms with Crippen molar-refractivity contribution in [1.29, 1.82) is 0 Å². The normalized spacial score (nSPS) is 28.6. The summed E-state index contributed by atoms with van der Waals surface area (Å²) in [4.78, 5) is 12.9. The molecule has 3 atom stereocenters. The standard InChI is InChI=1S/C25H32O2/c1-4-5-6-7-24(26)23-13-12-22-21-10-8-17-16-18(27-3)9-11-19(17)20(21)14-15-25(22,23)2/h9,11-13,16,20-21H,4-8,10,14-15H2,1-3H3/t20?,21?,25-/m0/s1. The van der Waals surface area contributed by atoms with Crippen LogP contribution in [0.1, 0.15) is 75.8 Å². The molecule has 27 heavy (non-hydrogen) atoms. The first-order valence-electron chi connectivity index (χ1n) is 10.7. The van der Waals surface area contributed by atoms with Crippen LogP contribution in [0.25, 0.3) is 0 Å². The first-order valence-corrected chi connectivity index (χ1v) is 10.7. The molecule has 1 saturated carbocycles. The summed E-state index contributed by atoms with van der Waals surface area (Å²) >= 11 is 0. The van der Waals surface area contributed by atoms with Crippen molar-refractivity contribution >= 4 is 5.78 Å². The first kappa shape index (κ1) is 18.5. The van der Waals surface area contributed by atoms with Crippen molar-refractivity contribution in [3.63, 3.8) is 0 Å². The lowest BCUT2D eigenvalue weighted by Gasteiger charge is -2.47. The molecule has 144 valence electrons. The van der Waals surface area contributed by atoms with Crippen molar-refractivity contribution in [1.82, 2.24) is 0 Å². The number of fused-ring (bicyclic) bond motifs is 5. The summed E-state index contributed by atoms with van der Waals surface area (Å²) in [5.74, 6) is 2.54. The molecule has 0 N–H and O–H groups in total. The molecule has 2 unspecified atom stereocenters. The van der Waals surface area contributed by atoms with Gasteiger partial charge in [0.2, 0.25) is 0 Å². The maximum absolute atomic E-state index is 12.9. The quantitative estimate of drug-likeness (QED) is 0.565. The maximum Gasteiger partial charge on any atom is 0.159 e. The number of Topliss-reactive ketones (excluding diaryl/α,β-unsaturated/α-hetero) is 1. The van der Waals surface area contributed by atoms with Gasteiger partial charge in [0.25, 0.3) is 0 Å². The van der Waals surface area contributed by atoms with Crippen molar-refractivity contribution in [2.24, 2.45) is 11.3 Å². The molecule has 4 rings (SSSR count). The molecule has 3 aliphatic carbocycles. The minimum Gasteiger partial charge on any atom is -0.497 e. The molecule has 0 bridgehead atoms. The van der Waals surface area contributed by atoms with Gasteiger partial charge in [0.15, 0.2) is 5.78 Å². The predicted molar refractivity (Wildman–Crippen MR) is 110 cm³/mol. The lowest BCUT2D eigenvalue weighted by Crippen LogP contribution is -2.37. The fourth-order valence-corrected chi connectivity index (χ4v) is 5.77. The number of unbranched alkanes of at least 4 members (excludes halogenated alkanes) is 2. The van der Waals surface area contributed by atoms with E-state index >= 15 is 0 Å². The summed E-state index contributed by atoms with van der Waals surface area (Å²) in [6.45, 7) is 4.52. The molecule has 0 aliphatic heterocycles. The second-order valence-electron chi connectivity index (χ2n) is 8.77. The lowest BCUT2D eigenvalue weighted by atomic mass is 9.56. The van der Waals surface area contributed by atoms with Crippen LogP contribution >= 0.6 is 0 Å². The van der Waals surface area contributed by atoms with Crippen molar-refractivity contribution < 1.29 is 9.53 Å². The number of benzene rings is 1. The van der Waals surface area contributed by atoms with E-state index in [9.17, 15) is 4.79 Å². The number of hydrogen-bond donors (Lipinski definition) is 0. The molecule has 2 heteroatoms. The van der Waals surface area contributed by atoms with Crippen LogP contribution in [0.15, 0.2) is 41.5 Å². The van der Waals surface area contributed by atoms with E-state index in [1.165, 1.54) is 36.0 Å². The largest absolute Gasteiger partial charge is 0.497 e. The Balaban J connectivity index is 1.55. The number of allylic oxidation sites excluding steroid dienone is 4. The zero-order chi connectivity index (χ0) is 19.0. The van der Waals surface area contributed by atoms with Crippen molar-refractivity contribution in [2.75, 3.05) is 7.11 Å². The Morgan fingerprint density at radius 2 is 2.04 bits per heavy atom. The summed E-state index contributed by atoms with van der Waals surface area (Å²) in [6.07, 6.45) is 13.1. The van der Waals surface area contributed by atoms with Gasteiger partial charge in [-0.15, -0.1) is 0 Å². The molecule has 1 fully saturated rings. The molecule has 3 aliphatic rings. The van der Waals surface area contributed by atoms with Crippen LogP contribution in [0.3, 0.4) is 0 Å². The average Bonchev–Trinajstić information content (AvgIpc) is 3.04. The number of carbonyl (C=O) groups excluding carboxylic acids is 1. The van der Waals surface area contributed by atoms with E-state index in [2.05, 4.69) is 44.2 Å². The Hall–Kier alpha value is -1.83. The van der Waals surface area contributed by atoms with E-state index < -0.39 is 0 Å². The van der Waals surface area contributed by atoms with E-state index in [1.54, 1.807) is 7.11 Å². The SMILES string of the molecule is CCCCCC(=O)C1=CC=C2C3CCc4cc(OC)ccc4C3CC[C@]12C. The molecule has 0 aromatic heterocycles. The first-order chi connectivity index (χ1) is 13.1. The minimum absolute atomic E-state index is 0.0194. The van der Waals surface area contributed by atoms with E-state index in [0.29, 0.717) is 24.0 Å². The number of carbonyl (C=O) groups is 1. The topological polar surface area (TPSA) is 26.3 Å². The van der Waals surface area contributed by atoms with Gasteiger partial charge in [0.1, 0.15) is 5.75 Å². The van der Waals surface area contributed by atoms with Gasteiger partial charge in [0.05, 0.1) is 7.11 Å². The highest BCUT2D eigenvalue weighted by Gasteiger charge is 2.48. The number of hydrogen-bond acceptors (Lipinski definition) is 2. The number of rotatable bonds is 6. The van der Waals surface area contributed by atoms with Gasteiger partial charge in [-0.05, 0) is 67.2 Å². The van der Waals surface area contributed by atoms with Crippen LogP contribution < -0.4 is 4.74 Å². The van der Waals surface area contributed by atoms with Crippen molar-refractivity contribution in [3.8, 4) is 5.75 Å². The van der Waals surface area contributed by atoms with Gasteiger partial charge < -0.3 is 4.74 Å². The van der Waals surface area contributed by atoms with Gasteiger partial charge in [0, 0.05) is 17.4 Å². The zero-order valence-corrected chi connectivity index (χ0v) is 17.0. The van der Waals surface area contributed by atoms with Crippen LogP contribution in [-0.2, 0) is 11.2 Å². The van der Waals surface area contributed by atoms with Crippen LogP contribution in [0, 0.1) is 11.3 Å². The number of ether oxygens (including phenoxy) is 1. The van der Waals surface area contributed by atoms with Gasteiger partial charge in [-0.3, -0.25) is 4.79 Å². The van der Waals surface area contributed by atoms with E-state index in [0.717, 1.165) is 37.0 Å². The van der Waals surface area contributed by atoms with Crippen LogP contribution in [0.5, 0.6) is 5.75 Å². The third-order valence-corrected chi connectivity index (χ3v) is 7.28. The fraction of sp³-hybridized carbons (Fsp3) is 0.560. The zero-order valence-electron chi connectivity index (χ0n) is 17.0. The Morgan fingerprint density at radius 3 is 2.81 bits per heavy atom. The highest BCUT2D eigenvalue weighted by Crippen LogP contribution is 2.59. The highest BCUT2D eigenvalue weighted by molar-refractivity contribution is 5.98. The molecule has 2 nitrogen and oxygen atoms in total. The molecule has 0 heterocycles. The Kier molecular flexibility index (Phi) is 5.01. The lowest BCUT2D eigenvalue weighted by molar-refractivity contribution is -0.116. The average molecular weight is 365 g/mol. The highest BCUT2D eigenvalue weighted by atomic mass is 16.5. The van der Waals surface area contributed by atoms with E-state index in [4.69, 9.17) is 4.74 Å². The Bertz CT molecular complexity index is 801. The van der Waals surface area contributed by atoms with Crippen LogP contribution in [-0.4, -0.2) is 12.9 Å². The summed E-state index contributed by atoms with van der Waals surface area (Å²) in [6, 6.07) is 6.62. The summed E-state index contributed by atoms with van der Waals surface area (Å²) in [5, 5.41) is 0. The molecule has 0 amide bonds. The van der Waals surface area contributed by atoms with Gasteiger partial charge in [-0.2, -0.15) is 0 Å². The molecule has 0 radical (unpaired) electrons. The van der Waals surface area contributed by atoms with Crippen LogP contribution in [0.4, 0.5) is 0 Å². The van der Waals surface area contributed by atoms with Gasteiger partial charge in [-0.25, -0.2) is 0 Å². The maximum atomic E-state index is 12.9. The Morgan fingerprint density at radius 1 is 1.19 bits per heavy atom. The monoisotopic (exact) mass is 364 g/mol. The third kappa shape index (κ3) is 3.07. The molecule has 1 aromatic rings. The molecule has 1 aromatic carbocycles. The fourth-order valence-electron chi connectivity index (χ4n) is 5.77. The summed E-state index contributed by atoms with van der Waals surface area (Å²) in [5.41, 5.74) is 5.57. The summed E-state index contributed by atoms with van der Waals surface area (Å²) < 4.78 is 5.43. The predicted octanol–water partition coefficient (Wildman–Crippen LogP) is 6.16. The second kappa shape index (κ2) is 7.30. The van der Waals surface area contributed by atoms with E-state index in [-0.39, 0.29) is 5.41 Å². The van der Waals surface area contributed by atoms with E-state index in [1.807, 2.05) is 0 Å². The molecule has 0 spiro atoms. The number of ketones is 1. The molecular weight excluding hydrogens is 332 g/mol. The second-order valence-corrected chi connectivity index (χ2v) is 8.77. The third-order valence-electron chi connectivity index (χ3n) is 7.28. The van der Waals surface area contributed by atoms with Crippen molar-refractivity contribution in [2.45, 2.75) is 71.1 Å². The molecular formula is C25H32O2.